The van der Waals surface area contributed by atoms with Crippen molar-refractivity contribution in [2.45, 2.75) is 27.2 Å². The summed E-state index contributed by atoms with van der Waals surface area (Å²) in [6, 6.07) is 0. The summed E-state index contributed by atoms with van der Waals surface area (Å²) in [5.41, 5.74) is -0.704. The molecule has 0 heterocycles. The molecule has 0 aromatic carbocycles. The highest BCUT2D eigenvalue weighted by Crippen LogP contribution is 2.40. The van der Waals surface area contributed by atoms with Crippen LogP contribution in [0.1, 0.15) is 27.2 Å². The highest BCUT2D eigenvalue weighted by molar-refractivity contribution is 7.57. The topological polar surface area (TPSA) is 110 Å². The van der Waals surface area contributed by atoms with Crippen LogP contribution in [0, 0.1) is 5.41 Å². The summed E-state index contributed by atoms with van der Waals surface area (Å²) >= 11 is 0. The highest BCUT2D eigenvalue weighted by atomic mass is 31.2. The van der Waals surface area contributed by atoms with Gasteiger partial charge in [-0.15, -0.1) is 0 Å². The van der Waals surface area contributed by atoms with E-state index in [1.54, 1.807) is 13.8 Å². The number of hydrogen-bond donors (Lipinski definition) is 2. The molecule has 0 bridgehead atoms. The standard InChI is InChI=1S/C14H25O7P/c1-5-22(18,19)7-6-12(16)20-9-14(4,8-15)10-21-13(17)11(2)3/h15H,2,5-10H2,1,3-4H3,(H,18,19). The van der Waals surface area contributed by atoms with Gasteiger partial charge in [-0.2, -0.15) is 0 Å². The number of rotatable bonds is 10. The second-order valence-electron chi connectivity index (χ2n) is 5.62. The van der Waals surface area contributed by atoms with E-state index >= 15 is 0 Å². The van der Waals surface area contributed by atoms with Crippen LogP contribution in [-0.4, -0.2) is 54.1 Å². The Hall–Kier alpha value is -1.17. The molecule has 2 N–H and O–H groups in total. The SMILES string of the molecule is C=C(C)C(=O)OCC(C)(CO)COC(=O)CCP(=O)(O)CC. The molecule has 128 valence electrons. The maximum atomic E-state index is 11.6. The Morgan fingerprint density at radius 2 is 1.82 bits per heavy atom. The van der Waals surface area contributed by atoms with Gasteiger partial charge in [0.2, 0.25) is 7.37 Å². The molecule has 0 aliphatic rings. The first kappa shape index (κ1) is 20.8. The van der Waals surface area contributed by atoms with E-state index in [-0.39, 0.29) is 44.1 Å². The van der Waals surface area contributed by atoms with Crippen molar-refractivity contribution in [2.75, 3.05) is 32.1 Å². The van der Waals surface area contributed by atoms with Crippen LogP contribution < -0.4 is 0 Å². The zero-order valence-electron chi connectivity index (χ0n) is 13.3. The molecule has 0 aliphatic carbocycles. The number of esters is 2. The molecule has 0 saturated heterocycles. The summed E-state index contributed by atoms with van der Waals surface area (Å²) in [7, 11) is -3.26. The molecule has 2 atom stereocenters. The zero-order valence-corrected chi connectivity index (χ0v) is 14.2. The lowest BCUT2D eigenvalue weighted by Gasteiger charge is -2.26. The largest absolute Gasteiger partial charge is 0.465 e. The fraction of sp³-hybridized carbons (Fsp3) is 0.714. The number of aliphatic hydroxyl groups excluding tert-OH is 1. The molecule has 0 fully saturated rings. The lowest BCUT2D eigenvalue weighted by Crippen LogP contribution is -2.35. The van der Waals surface area contributed by atoms with Crippen molar-refractivity contribution in [1.82, 2.24) is 0 Å². The molecule has 0 spiro atoms. The minimum atomic E-state index is -3.26. The minimum Gasteiger partial charge on any atom is -0.465 e. The summed E-state index contributed by atoms with van der Waals surface area (Å²) in [5, 5.41) is 9.36. The van der Waals surface area contributed by atoms with E-state index in [4.69, 9.17) is 9.47 Å². The Bertz CT molecular complexity index is 460. The van der Waals surface area contributed by atoms with Crippen LogP contribution in [0.3, 0.4) is 0 Å². The highest BCUT2D eigenvalue weighted by Gasteiger charge is 2.28. The van der Waals surface area contributed by atoms with E-state index in [1.807, 2.05) is 0 Å². The van der Waals surface area contributed by atoms with Crippen molar-refractivity contribution in [2.24, 2.45) is 5.41 Å². The van der Waals surface area contributed by atoms with Crippen molar-refractivity contribution >= 4 is 19.3 Å². The molecule has 2 unspecified atom stereocenters. The monoisotopic (exact) mass is 336 g/mol. The van der Waals surface area contributed by atoms with E-state index < -0.39 is 24.7 Å². The summed E-state index contributed by atoms with van der Waals surface area (Å²) in [6.07, 6.45) is -0.205. The Kier molecular flexibility index (Phi) is 8.60. The van der Waals surface area contributed by atoms with Crippen molar-refractivity contribution in [3.63, 3.8) is 0 Å². The quantitative estimate of drug-likeness (QED) is 0.352. The fourth-order valence-electron chi connectivity index (χ4n) is 1.25. The van der Waals surface area contributed by atoms with E-state index in [2.05, 4.69) is 6.58 Å². The second kappa shape index (κ2) is 9.08. The number of aliphatic hydroxyl groups is 1. The first-order valence-electron chi connectivity index (χ1n) is 6.95. The first-order chi connectivity index (χ1) is 10.0. The van der Waals surface area contributed by atoms with Gasteiger partial charge < -0.3 is 19.5 Å². The number of hydrogen-bond acceptors (Lipinski definition) is 6. The van der Waals surface area contributed by atoms with Gasteiger partial charge in [-0.1, -0.05) is 20.4 Å². The van der Waals surface area contributed by atoms with E-state index in [9.17, 15) is 24.2 Å². The Morgan fingerprint density at radius 3 is 2.27 bits per heavy atom. The summed E-state index contributed by atoms with van der Waals surface area (Å²) < 4.78 is 21.4. The van der Waals surface area contributed by atoms with Gasteiger partial charge in [0.15, 0.2) is 0 Å². The third-order valence-corrected chi connectivity index (χ3v) is 4.93. The van der Waals surface area contributed by atoms with Gasteiger partial charge in [0.25, 0.3) is 0 Å². The van der Waals surface area contributed by atoms with Crippen molar-refractivity contribution in [3.05, 3.63) is 12.2 Å². The molecule has 0 radical (unpaired) electrons. The lowest BCUT2D eigenvalue weighted by molar-refractivity contribution is -0.152. The van der Waals surface area contributed by atoms with Crippen LogP contribution >= 0.6 is 7.37 Å². The smallest absolute Gasteiger partial charge is 0.333 e. The van der Waals surface area contributed by atoms with E-state index in [0.717, 1.165) is 0 Å². The molecule has 0 saturated carbocycles. The molecule has 0 rings (SSSR count). The average molecular weight is 336 g/mol. The van der Waals surface area contributed by atoms with Gasteiger partial charge in [0, 0.05) is 17.9 Å². The number of ether oxygens (including phenoxy) is 2. The molecule has 8 heteroatoms. The van der Waals surface area contributed by atoms with E-state index in [1.165, 1.54) is 6.92 Å². The molecule has 0 aromatic rings. The van der Waals surface area contributed by atoms with Crippen molar-refractivity contribution < 1.29 is 33.6 Å². The van der Waals surface area contributed by atoms with Gasteiger partial charge in [0.1, 0.15) is 13.2 Å². The number of carbonyl (C=O) groups is 2. The summed E-state index contributed by atoms with van der Waals surface area (Å²) in [5.74, 6) is -1.22. The Balaban J connectivity index is 4.32. The Morgan fingerprint density at radius 1 is 1.27 bits per heavy atom. The van der Waals surface area contributed by atoms with Gasteiger partial charge in [-0.3, -0.25) is 9.36 Å². The normalized spacial score (nSPS) is 16.2. The maximum absolute atomic E-state index is 11.6. The molecular weight excluding hydrogens is 311 g/mol. The van der Waals surface area contributed by atoms with Crippen LogP contribution in [0.15, 0.2) is 12.2 Å². The molecule has 22 heavy (non-hydrogen) atoms. The predicted molar refractivity (Wildman–Crippen MR) is 81.8 cm³/mol. The summed E-state index contributed by atoms with van der Waals surface area (Å²) in [6.45, 7) is 7.47. The second-order valence-corrected chi connectivity index (χ2v) is 8.39. The van der Waals surface area contributed by atoms with E-state index in [0.29, 0.717) is 0 Å². The van der Waals surface area contributed by atoms with Crippen LogP contribution in [0.2, 0.25) is 0 Å². The lowest BCUT2D eigenvalue weighted by atomic mass is 9.94. The maximum Gasteiger partial charge on any atom is 0.333 e. The fourth-order valence-corrected chi connectivity index (χ4v) is 2.10. The zero-order chi connectivity index (χ0) is 17.4. The third-order valence-electron chi connectivity index (χ3n) is 3.02. The van der Waals surface area contributed by atoms with Crippen LogP contribution in [-0.2, 0) is 23.6 Å². The van der Waals surface area contributed by atoms with Gasteiger partial charge >= 0.3 is 11.9 Å². The van der Waals surface area contributed by atoms with Crippen LogP contribution in [0.5, 0.6) is 0 Å². The van der Waals surface area contributed by atoms with Crippen LogP contribution in [0.4, 0.5) is 0 Å². The van der Waals surface area contributed by atoms with Crippen molar-refractivity contribution in [3.8, 4) is 0 Å². The van der Waals surface area contributed by atoms with Crippen LogP contribution in [0.25, 0.3) is 0 Å². The van der Waals surface area contributed by atoms with Crippen molar-refractivity contribution in [1.29, 1.82) is 0 Å². The van der Waals surface area contributed by atoms with Gasteiger partial charge in [0.05, 0.1) is 18.4 Å². The molecule has 0 amide bonds. The van der Waals surface area contributed by atoms with Gasteiger partial charge in [-0.25, -0.2) is 4.79 Å². The molecule has 0 aromatic heterocycles. The third kappa shape index (κ3) is 8.32. The predicted octanol–water partition coefficient (Wildman–Crippen LogP) is 1.33. The molecule has 7 nitrogen and oxygen atoms in total. The average Bonchev–Trinajstić information content (AvgIpc) is 2.48. The Labute approximate surface area is 130 Å². The number of carbonyl (C=O) groups excluding carboxylic acids is 2. The molecule has 0 aliphatic heterocycles. The summed E-state index contributed by atoms with van der Waals surface area (Å²) in [4.78, 5) is 32.3. The first-order valence-corrected chi connectivity index (χ1v) is 8.98. The molecular formula is C14H25O7P. The minimum absolute atomic E-state index is 0.103. The van der Waals surface area contributed by atoms with Gasteiger partial charge in [-0.05, 0) is 6.92 Å².